The first-order valence-electron chi connectivity index (χ1n) is 9.58. The third kappa shape index (κ3) is 3.67. The fourth-order valence-corrected chi connectivity index (χ4v) is 3.67. The van der Waals surface area contributed by atoms with Crippen LogP contribution in [0.2, 0.25) is 0 Å². The number of ether oxygens (including phenoxy) is 2. The van der Waals surface area contributed by atoms with Crippen molar-refractivity contribution in [2.24, 2.45) is 5.16 Å². The summed E-state index contributed by atoms with van der Waals surface area (Å²) < 4.78 is 10.8. The predicted octanol–water partition coefficient (Wildman–Crippen LogP) is 3.56. The molecule has 0 aromatic heterocycles. The number of nitrogens with zero attached hydrogens (tertiary/aromatic N) is 2. The van der Waals surface area contributed by atoms with E-state index in [-0.39, 0.29) is 24.7 Å². The molecule has 0 fully saturated rings. The van der Waals surface area contributed by atoms with Crippen LogP contribution in [0.1, 0.15) is 36.8 Å². The van der Waals surface area contributed by atoms with Gasteiger partial charge in [0, 0.05) is 19.0 Å². The normalized spacial score (nSPS) is 18.4. The number of benzene rings is 2. The molecule has 0 saturated carbocycles. The maximum absolute atomic E-state index is 12.9. The Morgan fingerprint density at radius 1 is 1.18 bits per heavy atom. The van der Waals surface area contributed by atoms with Crippen LogP contribution in [-0.2, 0) is 9.63 Å². The van der Waals surface area contributed by atoms with E-state index in [9.17, 15) is 4.79 Å². The fourth-order valence-electron chi connectivity index (χ4n) is 3.67. The van der Waals surface area contributed by atoms with Gasteiger partial charge in [-0.3, -0.25) is 4.79 Å². The van der Waals surface area contributed by atoms with E-state index in [2.05, 4.69) is 5.16 Å². The van der Waals surface area contributed by atoms with Crippen LogP contribution < -0.4 is 9.47 Å². The quantitative estimate of drug-likeness (QED) is 0.769. The molecule has 0 radical (unpaired) electrons. The van der Waals surface area contributed by atoms with Crippen molar-refractivity contribution < 1.29 is 19.1 Å². The molecule has 0 saturated heterocycles. The molecule has 0 N–H and O–H groups in total. The van der Waals surface area contributed by atoms with Crippen LogP contribution in [0.5, 0.6) is 11.5 Å². The first-order valence-corrected chi connectivity index (χ1v) is 9.58. The number of oxime groups is 1. The average Bonchev–Trinajstić information content (AvgIpc) is 3.38. The molecule has 0 aliphatic carbocycles. The van der Waals surface area contributed by atoms with E-state index in [0.29, 0.717) is 13.0 Å². The molecule has 0 spiro atoms. The van der Waals surface area contributed by atoms with Gasteiger partial charge in [0.2, 0.25) is 12.7 Å². The zero-order valence-electron chi connectivity index (χ0n) is 16.1. The number of rotatable bonds is 6. The number of fused-ring (bicyclic) bond motifs is 1. The van der Waals surface area contributed by atoms with Crippen molar-refractivity contribution >= 4 is 11.6 Å². The highest BCUT2D eigenvalue weighted by molar-refractivity contribution is 6.01. The smallest absolute Gasteiger partial charge is 0.231 e. The van der Waals surface area contributed by atoms with E-state index in [4.69, 9.17) is 14.3 Å². The number of hydrogen-bond donors (Lipinski definition) is 0. The summed E-state index contributed by atoms with van der Waals surface area (Å²) in [6.07, 6.45) is 1.26. The number of amides is 1. The van der Waals surface area contributed by atoms with Gasteiger partial charge in [0.1, 0.15) is 0 Å². The van der Waals surface area contributed by atoms with Gasteiger partial charge in [-0.25, -0.2) is 0 Å². The molecule has 0 unspecified atom stereocenters. The van der Waals surface area contributed by atoms with Crippen LogP contribution in [0.4, 0.5) is 0 Å². The summed E-state index contributed by atoms with van der Waals surface area (Å²) >= 11 is 0. The second kappa shape index (κ2) is 7.92. The van der Waals surface area contributed by atoms with Crippen LogP contribution in [0, 0.1) is 0 Å². The summed E-state index contributed by atoms with van der Waals surface area (Å²) in [5.74, 6) is 1.44. The van der Waals surface area contributed by atoms with Crippen molar-refractivity contribution in [1.29, 1.82) is 0 Å². The van der Waals surface area contributed by atoms with Gasteiger partial charge in [-0.1, -0.05) is 42.4 Å². The third-order valence-corrected chi connectivity index (χ3v) is 5.20. The van der Waals surface area contributed by atoms with E-state index < -0.39 is 0 Å². The van der Waals surface area contributed by atoms with Crippen LogP contribution in [-0.4, -0.2) is 43.0 Å². The molecule has 2 heterocycles. The third-order valence-electron chi connectivity index (χ3n) is 5.20. The van der Waals surface area contributed by atoms with Crippen LogP contribution in [0.15, 0.2) is 53.7 Å². The minimum absolute atomic E-state index is 0.105. The van der Waals surface area contributed by atoms with Crippen LogP contribution >= 0.6 is 0 Å². The second-order valence-electron chi connectivity index (χ2n) is 7.13. The second-order valence-corrected chi connectivity index (χ2v) is 7.13. The summed E-state index contributed by atoms with van der Waals surface area (Å²) in [6, 6.07) is 15.7. The van der Waals surface area contributed by atoms with Crippen molar-refractivity contribution in [2.75, 3.05) is 20.4 Å². The molecule has 0 bridgehead atoms. The summed E-state index contributed by atoms with van der Waals surface area (Å²) in [7, 11) is 1.83. The molecule has 1 amide bonds. The van der Waals surface area contributed by atoms with Gasteiger partial charge >= 0.3 is 0 Å². The Balaban J connectivity index is 1.37. The summed E-state index contributed by atoms with van der Waals surface area (Å²) in [5.41, 5.74) is 2.86. The van der Waals surface area contributed by atoms with E-state index in [0.717, 1.165) is 34.8 Å². The van der Waals surface area contributed by atoms with E-state index in [1.54, 1.807) is 4.90 Å². The lowest BCUT2D eigenvalue weighted by Crippen LogP contribution is -2.37. The van der Waals surface area contributed by atoms with Gasteiger partial charge in [-0.05, 0) is 30.2 Å². The molecule has 28 heavy (non-hydrogen) atoms. The summed E-state index contributed by atoms with van der Waals surface area (Å²) in [5, 5.41) is 4.23. The number of carbonyl (C=O) groups is 1. The van der Waals surface area contributed by atoms with E-state index in [1.165, 1.54) is 0 Å². The van der Waals surface area contributed by atoms with E-state index in [1.807, 2.05) is 62.5 Å². The predicted molar refractivity (Wildman–Crippen MR) is 106 cm³/mol. The Bertz CT molecular complexity index is 881. The van der Waals surface area contributed by atoms with Gasteiger partial charge in [0.05, 0.1) is 18.2 Å². The highest BCUT2D eigenvalue weighted by Crippen LogP contribution is 2.33. The highest BCUT2D eigenvalue weighted by Gasteiger charge is 2.29. The molecule has 6 nitrogen and oxygen atoms in total. The monoisotopic (exact) mass is 380 g/mol. The van der Waals surface area contributed by atoms with Crippen LogP contribution in [0.25, 0.3) is 0 Å². The Labute approximate surface area is 164 Å². The van der Waals surface area contributed by atoms with Gasteiger partial charge in [0.15, 0.2) is 17.6 Å². The Morgan fingerprint density at radius 3 is 2.75 bits per heavy atom. The molecule has 2 atom stereocenters. The SMILES string of the molecule is CC[C@@H](C(=O)N(C)C[C@@H]1CC(c2ccc3c(c2)OCO3)=NO1)c1ccccc1. The Hall–Kier alpha value is -3.02. The summed E-state index contributed by atoms with van der Waals surface area (Å²) in [4.78, 5) is 20.3. The zero-order valence-corrected chi connectivity index (χ0v) is 16.1. The zero-order chi connectivity index (χ0) is 19.5. The number of likely N-dealkylation sites (N-methyl/N-ethyl adjacent to an activating group) is 1. The largest absolute Gasteiger partial charge is 0.454 e. The Morgan fingerprint density at radius 2 is 1.96 bits per heavy atom. The van der Waals surface area contributed by atoms with E-state index >= 15 is 0 Å². The van der Waals surface area contributed by atoms with Crippen molar-refractivity contribution in [3.05, 3.63) is 59.7 Å². The van der Waals surface area contributed by atoms with Gasteiger partial charge < -0.3 is 19.2 Å². The lowest BCUT2D eigenvalue weighted by atomic mass is 9.95. The number of carbonyl (C=O) groups excluding carboxylic acids is 1. The van der Waals surface area contributed by atoms with Gasteiger partial charge in [-0.15, -0.1) is 0 Å². The standard InChI is InChI=1S/C22H24N2O4/c1-3-18(15-7-5-4-6-8-15)22(25)24(2)13-17-12-19(23-28-17)16-9-10-20-21(11-16)27-14-26-20/h4-11,17-18H,3,12-14H2,1-2H3/t17-,18+/m0/s1. The highest BCUT2D eigenvalue weighted by atomic mass is 16.7. The van der Waals surface area contributed by atoms with Crippen molar-refractivity contribution in [1.82, 2.24) is 4.90 Å². The molecular formula is C22H24N2O4. The molecule has 146 valence electrons. The lowest BCUT2D eigenvalue weighted by Gasteiger charge is -2.25. The minimum Gasteiger partial charge on any atom is -0.454 e. The first kappa shape index (κ1) is 18.3. The molecule has 2 aromatic rings. The maximum atomic E-state index is 12.9. The molecule has 2 aliphatic heterocycles. The molecule has 2 aliphatic rings. The lowest BCUT2D eigenvalue weighted by molar-refractivity contribution is -0.133. The molecule has 2 aromatic carbocycles. The van der Waals surface area contributed by atoms with Crippen molar-refractivity contribution in [3.63, 3.8) is 0 Å². The molecule has 6 heteroatoms. The fraction of sp³-hybridized carbons (Fsp3) is 0.364. The average molecular weight is 380 g/mol. The molecule has 4 rings (SSSR count). The first-order chi connectivity index (χ1) is 13.7. The van der Waals surface area contributed by atoms with Gasteiger partial charge in [0.25, 0.3) is 0 Å². The topological polar surface area (TPSA) is 60.4 Å². The Kier molecular flexibility index (Phi) is 5.19. The van der Waals surface area contributed by atoms with Crippen molar-refractivity contribution in [3.8, 4) is 11.5 Å². The van der Waals surface area contributed by atoms with Crippen molar-refractivity contribution in [2.45, 2.75) is 31.8 Å². The van der Waals surface area contributed by atoms with Crippen LogP contribution in [0.3, 0.4) is 0 Å². The number of hydrogen-bond acceptors (Lipinski definition) is 5. The molecular weight excluding hydrogens is 356 g/mol. The maximum Gasteiger partial charge on any atom is 0.231 e. The summed E-state index contributed by atoms with van der Waals surface area (Å²) in [6.45, 7) is 2.79. The minimum atomic E-state index is -0.150. The van der Waals surface area contributed by atoms with Gasteiger partial charge in [-0.2, -0.15) is 0 Å².